The van der Waals surface area contributed by atoms with Crippen LogP contribution >= 0.6 is 23.2 Å². The number of ether oxygens (including phenoxy) is 1. The number of carboxylic acids is 1. The van der Waals surface area contributed by atoms with Gasteiger partial charge in [0.1, 0.15) is 17.8 Å². The number of fused-ring (bicyclic) bond motifs is 1. The second kappa shape index (κ2) is 12.4. The fourth-order valence-corrected chi connectivity index (χ4v) is 7.94. The van der Waals surface area contributed by atoms with Gasteiger partial charge in [0.2, 0.25) is 16.2 Å². The Morgan fingerprint density at radius 1 is 0.978 bits per heavy atom. The van der Waals surface area contributed by atoms with Crippen molar-refractivity contribution in [1.82, 2.24) is 9.21 Å². The lowest BCUT2D eigenvalue weighted by molar-refractivity contribution is -0.311. The molecular weight excluding hydrogens is 635 g/mol. The van der Waals surface area contributed by atoms with Gasteiger partial charge in [-0.3, -0.25) is 0 Å². The molecule has 0 saturated carbocycles. The molecule has 1 N–H and O–H groups in total. The zero-order valence-corrected chi connectivity index (χ0v) is 29.1. The summed E-state index contributed by atoms with van der Waals surface area (Å²) in [6.45, 7) is 14.3. The number of nitrogens with one attached hydrogen (secondary N) is 1. The van der Waals surface area contributed by atoms with E-state index in [1.165, 1.54) is 6.07 Å². The van der Waals surface area contributed by atoms with Crippen LogP contribution in [0.5, 0.6) is 0 Å². The first-order valence-corrected chi connectivity index (χ1v) is 16.9. The van der Waals surface area contributed by atoms with Crippen LogP contribution in [0.3, 0.4) is 0 Å². The minimum Gasteiger partial charge on any atom is -0.543 e. The summed E-state index contributed by atoms with van der Waals surface area (Å²) in [5, 5.41) is 14.0. The number of hydrogen-bond acceptors (Lipinski definition) is 6. The van der Waals surface area contributed by atoms with Gasteiger partial charge in [-0.15, -0.1) is 0 Å². The van der Waals surface area contributed by atoms with E-state index in [4.69, 9.17) is 27.9 Å². The molecular formula is C34H40Cl2N2O6S. The number of sulfonamides is 1. The molecule has 0 aliphatic carbocycles. The zero-order chi connectivity index (χ0) is 33.7. The summed E-state index contributed by atoms with van der Waals surface area (Å²) in [5.41, 5.74) is 0.825. The van der Waals surface area contributed by atoms with Crippen molar-refractivity contribution in [3.63, 3.8) is 0 Å². The van der Waals surface area contributed by atoms with E-state index < -0.39 is 55.6 Å². The number of halogens is 2. The van der Waals surface area contributed by atoms with Crippen LogP contribution in [0.4, 0.5) is 5.69 Å². The molecule has 3 aromatic carbocycles. The number of hydrogen-bond donors (Lipinski definition) is 1. The molecule has 4 atom stereocenters. The summed E-state index contributed by atoms with van der Waals surface area (Å²) in [6, 6.07) is 16.5. The highest BCUT2D eigenvalue weighted by Gasteiger charge is 2.59. The van der Waals surface area contributed by atoms with Gasteiger partial charge in [0.15, 0.2) is 6.10 Å². The van der Waals surface area contributed by atoms with E-state index in [0.29, 0.717) is 26.7 Å². The molecule has 1 amide bonds. The largest absolute Gasteiger partial charge is 0.543 e. The van der Waals surface area contributed by atoms with Gasteiger partial charge >= 0.3 is 5.91 Å². The average Bonchev–Trinajstić information content (AvgIpc) is 2.99. The number of aliphatic carboxylic acids is 1. The van der Waals surface area contributed by atoms with Crippen LogP contribution in [0.25, 0.3) is 0 Å². The molecule has 45 heavy (non-hydrogen) atoms. The van der Waals surface area contributed by atoms with Crippen LogP contribution in [0.1, 0.15) is 69.9 Å². The van der Waals surface area contributed by atoms with E-state index in [1.807, 2.05) is 48.5 Å². The van der Waals surface area contributed by atoms with E-state index >= 15 is 4.79 Å². The number of nitrogens with zero attached hydrogens (tertiary/aromatic N) is 1. The van der Waals surface area contributed by atoms with Crippen LogP contribution in [0.2, 0.25) is 10.0 Å². The van der Waals surface area contributed by atoms with Crippen LogP contribution in [-0.4, -0.2) is 39.1 Å². The number of benzene rings is 3. The molecule has 0 fully saturated rings. The summed E-state index contributed by atoms with van der Waals surface area (Å²) in [4.78, 5) is 28.5. The second-order valence-electron chi connectivity index (χ2n) is 14.0. The maximum atomic E-state index is 15.2. The summed E-state index contributed by atoms with van der Waals surface area (Å²) in [7, 11) is -4.49. The molecule has 0 spiro atoms. The molecule has 2 unspecified atom stereocenters. The highest BCUT2D eigenvalue weighted by atomic mass is 35.5. The summed E-state index contributed by atoms with van der Waals surface area (Å²) in [5.74, 6) is -2.42. The maximum Gasteiger partial charge on any atom is 0.349 e. The normalized spacial score (nSPS) is 21.6. The lowest BCUT2D eigenvalue weighted by atomic mass is 9.85. The van der Waals surface area contributed by atoms with Gasteiger partial charge in [-0.25, -0.2) is 17.7 Å². The van der Waals surface area contributed by atoms with Crippen molar-refractivity contribution in [2.75, 3.05) is 6.54 Å². The fraction of sp³-hybridized carbons (Fsp3) is 0.412. The number of aryl methyl sites for hydroxylation is 2. The van der Waals surface area contributed by atoms with E-state index in [0.717, 1.165) is 5.56 Å². The third kappa shape index (κ3) is 6.99. The third-order valence-electron chi connectivity index (χ3n) is 7.84. The highest BCUT2D eigenvalue weighted by Crippen LogP contribution is 2.49. The van der Waals surface area contributed by atoms with Gasteiger partial charge in [-0.05, 0) is 43.7 Å². The number of carbonyl (C=O) groups excluding carboxylic acids is 2. The molecule has 8 nitrogen and oxygen atoms in total. The Labute approximate surface area is 275 Å². The molecule has 0 bridgehead atoms. The molecule has 242 valence electrons. The quantitative estimate of drug-likeness (QED) is 0.304. The van der Waals surface area contributed by atoms with E-state index in [-0.39, 0.29) is 17.1 Å². The average molecular weight is 676 g/mol. The predicted octanol–water partition coefficient (Wildman–Crippen LogP) is 6.08. The molecule has 0 aromatic heterocycles. The monoisotopic (exact) mass is 674 g/mol. The van der Waals surface area contributed by atoms with Crippen LogP contribution in [-0.2, 0) is 24.3 Å². The Balaban J connectivity index is 2.13. The number of carboxylic acid groups (broad SMARTS) is 1. The SMILES string of the molecule is Cc1ccc(S(=O)(=O)NC(C(=O)[O-])[N+]2(CC(C)(C)C)C(=O)[C@H](C(C)(C)C)O[C@@H](c3ccccc3Cl)c3cc(Cl)ccc32)c(C)c1. The van der Waals surface area contributed by atoms with E-state index in [2.05, 4.69) is 4.72 Å². The molecule has 0 radical (unpaired) electrons. The smallest absolute Gasteiger partial charge is 0.349 e. The molecule has 1 aliphatic rings. The molecule has 0 saturated heterocycles. The van der Waals surface area contributed by atoms with Crippen molar-refractivity contribution in [2.45, 2.75) is 78.7 Å². The van der Waals surface area contributed by atoms with Gasteiger partial charge in [0.05, 0.1) is 11.4 Å². The number of rotatable bonds is 7. The van der Waals surface area contributed by atoms with Gasteiger partial charge < -0.3 is 14.6 Å². The maximum absolute atomic E-state index is 15.2. The third-order valence-corrected chi connectivity index (χ3v) is 9.99. The Hall–Kier alpha value is -2.79. The Morgan fingerprint density at radius 3 is 2.18 bits per heavy atom. The van der Waals surface area contributed by atoms with Crippen molar-refractivity contribution < 1.29 is 27.9 Å². The molecule has 1 aliphatic heterocycles. The predicted molar refractivity (Wildman–Crippen MR) is 175 cm³/mol. The van der Waals surface area contributed by atoms with E-state index in [9.17, 15) is 18.3 Å². The summed E-state index contributed by atoms with van der Waals surface area (Å²) < 4.78 is 36.1. The standard InChI is InChI=1S/C34H40Cl2N2O6S/c1-20-13-16-27(21(2)17-20)45(42,43)37-30(32(40)41)38(19-33(3,4)5)26-15-14-22(35)18-24(26)28(23-11-9-10-12-25(23)36)44-29(31(38)39)34(6,7)8/h9-18,28-30,37H,19H2,1-8H3/t28-,29+,30?,38?/m0/s1. The van der Waals surface area contributed by atoms with Gasteiger partial charge in [0.25, 0.3) is 0 Å². The summed E-state index contributed by atoms with van der Waals surface area (Å²) >= 11 is 13.2. The second-order valence-corrected chi connectivity index (χ2v) is 16.6. The van der Waals surface area contributed by atoms with Crippen LogP contribution in [0.15, 0.2) is 65.6 Å². The topological polar surface area (TPSA) is 113 Å². The fourth-order valence-electron chi connectivity index (χ4n) is 6.10. The Bertz CT molecular complexity index is 1750. The minimum absolute atomic E-state index is 0.107. The van der Waals surface area contributed by atoms with E-state index in [1.54, 1.807) is 61.5 Å². The lowest BCUT2D eigenvalue weighted by Crippen LogP contribution is -2.75. The molecule has 3 aromatic rings. The molecule has 1 heterocycles. The number of carbonyl (C=O) groups is 2. The number of amides is 1. The Morgan fingerprint density at radius 2 is 1.62 bits per heavy atom. The van der Waals surface area contributed by atoms with Crippen molar-refractivity contribution in [3.8, 4) is 0 Å². The van der Waals surface area contributed by atoms with Crippen LogP contribution < -0.4 is 14.3 Å². The van der Waals surface area contributed by atoms with Crippen LogP contribution in [0, 0.1) is 24.7 Å². The van der Waals surface area contributed by atoms with Crippen molar-refractivity contribution >= 4 is 50.8 Å². The first kappa shape index (κ1) is 35.1. The van der Waals surface area contributed by atoms with Crippen molar-refractivity contribution in [3.05, 3.63) is 93.0 Å². The number of quaternary nitrogens is 1. The zero-order valence-electron chi connectivity index (χ0n) is 26.8. The van der Waals surface area contributed by atoms with Gasteiger partial charge in [0, 0.05) is 38.1 Å². The Kier molecular flexibility index (Phi) is 9.69. The molecule has 4 rings (SSSR count). The van der Waals surface area contributed by atoms with Crippen molar-refractivity contribution in [1.29, 1.82) is 0 Å². The lowest BCUT2D eigenvalue weighted by Gasteiger charge is -2.46. The molecule has 11 heteroatoms. The van der Waals surface area contributed by atoms with Gasteiger partial charge in [-0.1, -0.05) is 101 Å². The first-order valence-electron chi connectivity index (χ1n) is 14.6. The summed E-state index contributed by atoms with van der Waals surface area (Å²) in [6.07, 6.45) is -4.25. The first-order chi connectivity index (χ1) is 20.7. The van der Waals surface area contributed by atoms with Crippen molar-refractivity contribution in [2.24, 2.45) is 10.8 Å². The van der Waals surface area contributed by atoms with Gasteiger partial charge in [-0.2, -0.15) is 4.72 Å². The highest BCUT2D eigenvalue weighted by molar-refractivity contribution is 7.89. The minimum atomic E-state index is -4.49.